The molecule has 0 aromatic heterocycles. The van der Waals surface area contributed by atoms with E-state index in [0.717, 1.165) is 0 Å². The fraction of sp³-hybridized carbons (Fsp3) is 0. The van der Waals surface area contributed by atoms with Crippen molar-refractivity contribution in [2.45, 2.75) is 0 Å². The zero-order valence-corrected chi connectivity index (χ0v) is 7.36. The number of hydrogen-bond donors (Lipinski definition) is 0. The van der Waals surface area contributed by atoms with Gasteiger partial charge in [-0.2, -0.15) is 7.82 Å². The Balaban J connectivity index is -0.0000000267. The third-order valence-electron chi connectivity index (χ3n) is 0. The van der Waals surface area contributed by atoms with Crippen LogP contribution in [0.4, 0.5) is 0 Å². The van der Waals surface area contributed by atoms with Crippen molar-refractivity contribution >= 4 is 35.1 Å². The maximum atomic E-state index is 8.55. The van der Waals surface area contributed by atoms with Gasteiger partial charge in [0.05, 0.1) is 0 Å². The minimum atomic E-state index is -5.39. The molecule has 0 rings (SSSR count). The second-order valence-electron chi connectivity index (χ2n) is 0.447. The fourth-order valence-corrected chi connectivity index (χ4v) is 0. The van der Waals surface area contributed by atoms with Crippen LogP contribution >= 0.6 is 7.82 Å². The summed E-state index contributed by atoms with van der Waals surface area (Å²) in [5.41, 5.74) is 0. The average molecular weight is 304 g/mol. The van der Waals surface area contributed by atoms with Gasteiger partial charge >= 0.3 is 2.85 Å². The van der Waals surface area contributed by atoms with Crippen LogP contribution in [0.25, 0.3) is 0 Å². The largest absolute Gasteiger partial charge is 1.00 e. The maximum absolute atomic E-state index is 8.55. The molecule has 0 aliphatic rings. The molecule has 0 atom stereocenters. The quantitative estimate of drug-likeness (QED) is 0.353. The van der Waals surface area contributed by atoms with Crippen LogP contribution in [0.5, 0.6) is 0 Å². The third kappa shape index (κ3) is 76.8. The first-order valence-corrected chi connectivity index (χ1v) is 2.19. The van der Waals surface area contributed by atoms with Crippen LogP contribution in [0.15, 0.2) is 0 Å². The number of hydrogen-bond acceptors (Lipinski definition) is 4. The van der Waals surface area contributed by atoms with Crippen molar-refractivity contribution in [3.63, 3.8) is 0 Å². The molecule has 6 heavy (non-hydrogen) atoms. The molecule has 0 spiro atoms. The van der Waals surface area contributed by atoms with Crippen LogP contribution in [0.3, 0.4) is 0 Å². The van der Waals surface area contributed by atoms with Crippen molar-refractivity contribution in [2.75, 3.05) is 0 Å². The summed E-state index contributed by atoms with van der Waals surface area (Å²) in [6.07, 6.45) is 0. The Kier molecular flexibility index (Phi) is 5.20. The van der Waals surface area contributed by atoms with E-state index in [1.54, 1.807) is 0 Å². The van der Waals surface area contributed by atoms with Crippen LogP contribution < -0.4 is 14.7 Å². The zero-order chi connectivity index (χ0) is 4.50. The summed E-state index contributed by atoms with van der Waals surface area (Å²) in [5.74, 6) is 0. The van der Waals surface area contributed by atoms with E-state index in [9.17, 15) is 0 Å². The molecule has 0 aromatic rings. The minimum Gasteiger partial charge on any atom is -0.822 e. The van der Waals surface area contributed by atoms with Crippen molar-refractivity contribution in [1.82, 2.24) is 0 Å². The molecule has 0 aliphatic carbocycles. The summed E-state index contributed by atoms with van der Waals surface area (Å²) in [5, 5.41) is 0. The van der Waals surface area contributed by atoms with Gasteiger partial charge in [-0.1, -0.05) is 0 Å². The van der Waals surface area contributed by atoms with Crippen LogP contribution in [0.1, 0.15) is 2.85 Å². The molecule has 0 fully saturated rings. The Labute approximate surface area is 57.6 Å². The van der Waals surface area contributed by atoms with Gasteiger partial charge in [0, 0.05) is 27.3 Å². The van der Waals surface area contributed by atoms with Gasteiger partial charge in [-0.05, 0) is 0 Å². The first-order chi connectivity index (χ1) is 2.00. The van der Waals surface area contributed by atoms with E-state index in [0.29, 0.717) is 0 Å². The summed E-state index contributed by atoms with van der Waals surface area (Å²) in [7, 11) is -5.39. The predicted molar refractivity (Wildman–Crippen MR) is 15.6 cm³/mol. The van der Waals surface area contributed by atoms with Gasteiger partial charge in [0.25, 0.3) is 0 Å². The number of phosphoric acid groups is 1. The molecule has 0 heterocycles. The minimum absolute atomic E-state index is 0. The first-order valence-electron chi connectivity index (χ1n) is 0.730. The van der Waals surface area contributed by atoms with Gasteiger partial charge in [-0.3, -0.25) is 0 Å². The van der Waals surface area contributed by atoms with Gasteiger partial charge in [-0.25, -0.2) is 0 Å². The van der Waals surface area contributed by atoms with Gasteiger partial charge < -0.3 is 19.2 Å². The molecule has 0 aliphatic heterocycles. The second-order valence-corrected chi connectivity index (χ2v) is 1.34. The summed E-state index contributed by atoms with van der Waals surface area (Å²) < 4.78 is 8.55. The van der Waals surface area contributed by atoms with Crippen molar-refractivity contribution in [3.8, 4) is 0 Å². The molecule has 0 saturated heterocycles. The molecular formula is H2O4PPb-. The Morgan fingerprint density at radius 3 is 1.33 bits per heavy atom. The Morgan fingerprint density at radius 1 is 1.33 bits per heavy atom. The van der Waals surface area contributed by atoms with E-state index in [1.807, 2.05) is 0 Å². The smallest absolute Gasteiger partial charge is 0.822 e. The second kappa shape index (κ2) is 3.09. The van der Waals surface area contributed by atoms with E-state index < -0.39 is 7.82 Å². The van der Waals surface area contributed by atoms with E-state index in [4.69, 9.17) is 19.2 Å². The maximum Gasteiger partial charge on any atom is 1.00 e. The van der Waals surface area contributed by atoms with Crippen LogP contribution in [-0.2, 0) is 4.57 Å². The topological polar surface area (TPSA) is 86.2 Å². The first kappa shape index (κ1) is 10.1. The molecule has 0 bridgehead atoms. The average Bonchev–Trinajstić information content (AvgIpc) is 0.722. The van der Waals surface area contributed by atoms with E-state index >= 15 is 0 Å². The van der Waals surface area contributed by atoms with E-state index in [1.165, 1.54) is 0 Å². The molecule has 0 aromatic carbocycles. The molecule has 4 radical (unpaired) electrons. The Hall–Kier alpha value is 1.03. The molecule has 0 N–H and O–H groups in total. The Morgan fingerprint density at radius 2 is 1.33 bits per heavy atom. The van der Waals surface area contributed by atoms with Crippen molar-refractivity contribution in [2.24, 2.45) is 0 Å². The molecule has 0 amide bonds. The van der Waals surface area contributed by atoms with Crippen LogP contribution in [-0.4, -0.2) is 27.3 Å². The number of rotatable bonds is 0. The molecule has 4 nitrogen and oxygen atoms in total. The summed E-state index contributed by atoms with van der Waals surface area (Å²) >= 11 is 0. The van der Waals surface area contributed by atoms with Gasteiger partial charge in [0.1, 0.15) is 0 Å². The molecular weight excluding hydrogens is 302 g/mol. The van der Waals surface area contributed by atoms with Gasteiger partial charge in [0.15, 0.2) is 0 Å². The molecule has 6 heteroatoms. The normalized spacial score (nSPS) is 9.83. The van der Waals surface area contributed by atoms with Crippen molar-refractivity contribution in [1.29, 1.82) is 0 Å². The summed E-state index contributed by atoms with van der Waals surface area (Å²) in [4.78, 5) is 25.6. The summed E-state index contributed by atoms with van der Waals surface area (Å²) in [6.45, 7) is 0. The van der Waals surface area contributed by atoms with Crippen molar-refractivity contribution < 1.29 is 22.1 Å². The van der Waals surface area contributed by atoms with Crippen LogP contribution in [0, 0.1) is 0 Å². The van der Waals surface area contributed by atoms with Crippen LogP contribution in [0.2, 0.25) is 0 Å². The van der Waals surface area contributed by atoms with E-state index in [2.05, 4.69) is 0 Å². The predicted octanol–water partition coefficient (Wildman–Crippen LogP) is -2.98. The Bertz CT molecular complexity index is 60.2. The van der Waals surface area contributed by atoms with Gasteiger partial charge in [-0.15, -0.1) is 0 Å². The molecule has 0 saturated carbocycles. The van der Waals surface area contributed by atoms with Crippen molar-refractivity contribution in [3.05, 3.63) is 0 Å². The molecule has 0 unspecified atom stereocenters. The zero-order valence-electron chi connectivity index (χ0n) is 4.58. The SMILES string of the molecule is O=P([O-])([O-])[O-].[H+].[H+].[Pb]. The monoisotopic (exact) mass is 305 g/mol. The van der Waals surface area contributed by atoms with E-state index in [-0.39, 0.29) is 30.2 Å². The van der Waals surface area contributed by atoms with Gasteiger partial charge in [0.2, 0.25) is 0 Å². The molecule has 36 valence electrons. The third-order valence-corrected chi connectivity index (χ3v) is 0. The fourth-order valence-electron chi connectivity index (χ4n) is 0. The standard InChI is InChI=1S/H3O4P.Pb/c1-5(2,3)4;/h(H3,1,2,3,4);/p-1. The summed E-state index contributed by atoms with van der Waals surface area (Å²) in [6, 6.07) is 0.